The molecule has 18 heavy (non-hydrogen) atoms. The highest BCUT2D eigenvalue weighted by molar-refractivity contribution is 6.35. The number of hydrazone groups is 1. The number of carbonyl (C=O) groups excluding carboxylic acids is 1. The Kier molecular flexibility index (Phi) is 4.79. The first kappa shape index (κ1) is 13.6. The van der Waals surface area contributed by atoms with Crippen LogP contribution in [-0.2, 0) is 9.53 Å². The van der Waals surface area contributed by atoms with Crippen LogP contribution in [-0.4, -0.2) is 23.2 Å². The lowest BCUT2D eigenvalue weighted by molar-refractivity contribution is -0.384. The number of nitro benzene ring substituents is 1. The number of esters is 1. The maximum Gasteiger partial charge on any atom is 0.354 e. The highest BCUT2D eigenvalue weighted by Gasteiger charge is 2.12. The summed E-state index contributed by atoms with van der Waals surface area (Å²) in [6.45, 7) is 3.39. The molecule has 1 aromatic carbocycles. The van der Waals surface area contributed by atoms with E-state index in [9.17, 15) is 14.9 Å². The number of anilines is 1. The lowest BCUT2D eigenvalue weighted by atomic mass is 10.3. The van der Waals surface area contributed by atoms with Gasteiger partial charge in [0.05, 0.1) is 11.5 Å². The molecule has 0 atom stereocenters. The highest BCUT2D eigenvalue weighted by atomic mass is 16.6. The predicted molar refractivity (Wildman–Crippen MR) is 66.5 cm³/mol. The van der Waals surface area contributed by atoms with Gasteiger partial charge in [-0.1, -0.05) is 12.1 Å². The summed E-state index contributed by atoms with van der Waals surface area (Å²) in [7, 11) is 0. The fourth-order valence-corrected chi connectivity index (χ4v) is 1.15. The molecule has 1 rings (SSSR count). The maximum absolute atomic E-state index is 11.3. The minimum absolute atomic E-state index is 0.0926. The van der Waals surface area contributed by atoms with E-state index < -0.39 is 10.9 Å². The molecule has 0 saturated heterocycles. The van der Waals surface area contributed by atoms with Crippen molar-refractivity contribution in [1.29, 1.82) is 0 Å². The third kappa shape index (κ3) is 3.55. The van der Waals surface area contributed by atoms with Gasteiger partial charge in [0, 0.05) is 6.07 Å². The van der Waals surface area contributed by atoms with Crippen LogP contribution >= 0.6 is 0 Å². The lowest BCUT2D eigenvalue weighted by Crippen LogP contribution is -2.15. The zero-order valence-electron chi connectivity index (χ0n) is 10.0. The number of benzene rings is 1. The molecule has 7 heteroatoms. The Morgan fingerprint density at radius 1 is 1.50 bits per heavy atom. The van der Waals surface area contributed by atoms with E-state index in [1.54, 1.807) is 19.1 Å². The zero-order chi connectivity index (χ0) is 13.5. The van der Waals surface area contributed by atoms with E-state index in [-0.39, 0.29) is 23.7 Å². The summed E-state index contributed by atoms with van der Waals surface area (Å²) < 4.78 is 4.73. The predicted octanol–water partition coefficient (Wildman–Crippen LogP) is 1.95. The molecule has 0 aliphatic carbocycles. The standard InChI is InChI=1S/C11H13N3O4/c1-3-18-11(15)8(2)12-13-9-6-4-5-7-10(9)14(16)17/h4-7,13H,3H2,1-2H3/b12-8+. The summed E-state index contributed by atoms with van der Waals surface area (Å²) in [6.07, 6.45) is 0. The Balaban J connectivity index is 2.83. The second kappa shape index (κ2) is 6.33. The van der Waals surface area contributed by atoms with Gasteiger partial charge in [0.25, 0.3) is 5.69 Å². The Morgan fingerprint density at radius 2 is 2.17 bits per heavy atom. The van der Waals surface area contributed by atoms with Gasteiger partial charge < -0.3 is 4.74 Å². The molecular weight excluding hydrogens is 238 g/mol. The monoisotopic (exact) mass is 251 g/mol. The van der Waals surface area contributed by atoms with E-state index in [1.807, 2.05) is 0 Å². The number of ether oxygens (including phenoxy) is 1. The van der Waals surface area contributed by atoms with E-state index in [1.165, 1.54) is 19.1 Å². The summed E-state index contributed by atoms with van der Waals surface area (Å²) in [5, 5.41) is 14.5. The molecule has 0 heterocycles. The van der Waals surface area contributed by atoms with Crippen molar-refractivity contribution in [1.82, 2.24) is 0 Å². The number of para-hydroxylation sites is 2. The number of nitro groups is 1. The smallest absolute Gasteiger partial charge is 0.354 e. The van der Waals surface area contributed by atoms with Crippen molar-refractivity contribution in [2.24, 2.45) is 5.10 Å². The summed E-state index contributed by atoms with van der Waals surface area (Å²) in [5.74, 6) is -0.566. The molecule has 0 radical (unpaired) electrons. The number of carbonyl (C=O) groups is 1. The van der Waals surface area contributed by atoms with Crippen LogP contribution in [0.25, 0.3) is 0 Å². The van der Waals surface area contributed by atoms with Crippen LogP contribution in [0, 0.1) is 10.1 Å². The van der Waals surface area contributed by atoms with Gasteiger partial charge in [-0.05, 0) is 19.9 Å². The fraction of sp³-hybridized carbons (Fsp3) is 0.273. The topological polar surface area (TPSA) is 93.8 Å². The van der Waals surface area contributed by atoms with Crippen LogP contribution in [0.1, 0.15) is 13.8 Å². The molecule has 0 spiro atoms. The summed E-state index contributed by atoms with van der Waals surface area (Å²) >= 11 is 0. The van der Waals surface area contributed by atoms with Crippen molar-refractivity contribution < 1.29 is 14.5 Å². The average molecular weight is 251 g/mol. The largest absolute Gasteiger partial charge is 0.461 e. The quantitative estimate of drug-likeness (QED) is 0.373. The highest BCUT2D eigenvalue weighted by Crippen LogP contribution is 2.22. The number of nitrogens with one attached hydrogen (secondary N) is 1. The average Bonchev–Trinajstić information content (AvgIpc) is 2.36. The van der Waals surface area contributed by atoms with E-state index in [0.717, 1.165) is 0 Å². The molecule has 1 aromatic rings. The van der Waals surface area contributed by atoms with E-state index in [2.05, 4.69) is 10.5 Å². The fourth-order valence-electron chi connectivity index (χ4n) is 1.15. The van der Waals surface area contributed by atoms with Crippen molar-refractivity contribution in [3.05, 3.63) is 34.4 Å². The molecule has 0 bridgehead atoms. The first-order valence-electron chi connectivity index (χ1n) is 5.27. The normalized spacial score (nSPS) is 10.9. The molecule has 0 aliphatic rings. The molecule has 96 valence electrons. The van der Waals surface area contributed by atoms with E-state index >= 15 is 0 Å². The molecule has 7 nitrogen and oxygen atoms in total. The van der Waals surface area contributed by atoms with Gasteiger partial charge in [0.15, 0.2) is 0 Å². The van der Waals surface area contributed by atoms with Crippen LogP contribution in [0.5, 0.6) is 0 Å². The minimum Gasteiger partial charge on any atom is -0.461 e. The third-order valence-corrected chi connectivity index (χ3v) is 2.02. The first-order valence-corrected chi connectivity index (χ1v) is 5.27. The number of nitrogens with zero attached hydrogens (tertiary/aromatic N) is 2. The van der Waals surface area contributed by atoms with Crippen molar-refractivity contribution in [2.75, 3.05) is 12.0 Å². The first-order chi connectivity index (χ1) is 8.56. The van der Waals surface area contributed by atoms with Gasteiger partial charge in [-0.15, -0.1) is 0 Å². The maximum atomic E-state index is 11.3. The zero-order valence-corrected chi connectivity index (χ0v) is 10.0. The summed E-state index contributed by atoms with van der Waals surface area (Å²) in [4.78, 5) is 21.5. The molecule has 0 aromatic heterocycles. The Morgan fingerprint density at radius 3 is 2.78 bits per heavy atom. The van der Waals surface area contributed by atoms with Crippen molar-refractivity contribution in [3.8, 4) is 0 Å². The van der Waals surface area contributed by atoms with Crippen molar-refractivity contribution >= 4 is 23.1 Å². The van der Waals surface area contributed by atoms with Crippen molar-refractivity contribution in [3.63, 3.8) is 0 Å². The van der Waals surface area contributed by atoms with Crippen LogP contribution in [0.2, 0.25) is 0 Å². The minimum atomic E-state index is -0.566. The molecule has 0 fully saturated rings. The lowest BCUT2D eigenvalue weighted by Gasteiger charge is -2.03. The molecule has 1 N–H and O–H groups in total. The molecule has 0 amide bonds. The van der Waals surface area contributed by atoms with Crippen molar-refractivity contribution in [2.45, 2.75) is 13.8 Å². The molecular formula is C11H13N3O4. The third-order valence-electron chi connectivity index (χ3n) is 2.02. The molecule has 0 aliphatic heterocycles. The van der Waals surface area contributed by atoms with Crippen LogP contribution in [0.4, 0.5) is 11.4 Å². The Labute approximate surface area is 104 Å². The Hall–Kier alpha value is -2.44. The molecule has 0 unspecified atom stereocenters. The summed E-state index contributed by atoms with van der Waals surface area (Å²) in [6, 6.07) is 6.02. The summed E-state index contributed by atoms with van der Waals surface area (Å²) in [5.41, 5.74) is 2.67. The van der Waals surface area contributed by atoms with Crippen LogP contribution in [0.3, 0.4) is 0 Å². The van der Waals surface area contributed by atoms with Gasteiger partial charge in [-0.3, -0.25) is 15.5 Å². The number of rotatable bonds is 5. The number of hydrogen-bond donors (Lipinski definition) is 1. The van der Waals surface area contributed by atoms with E-state index in [4.69, 9.17) is 4.74 Å². The van der Waals surface area contributed by atoms with E-state index in [0.29, 0.717) is 0 Å². The van der Waals surface area contributed by atoms with Gasteiger partial charge in [0.2, 0.25) is 0 Å². The second-order valence-corrected chi connectivity index (χ2v) is 3.30. The second-order valence-electron chi connectivity index (χ2n) is 3.30. The van der Waals surface area contributed by atoms with Crippen LogP contribution in [0.15, 0.2) is 29.4 Å². The van der Waals surface area contributed by atoms with Gasteiger partial charge in [-0.25, -0.2) is 4.79 Å². The number of hydrogen-bond acceptors (Lipinski definition) is 6. The van der Waals surface area contributed by atoms with Gasteiger partial charge in [-0.2, -0.15) is 5.10 Å². The van der Waals surface area contributed by atoms with Gasteiger partial charge in [0.1, 0.15) is 11.4 Å². The molecule has 0 saturated carbocycles. The van der Waals surface area contributed by atoms with Gasteiger partial charge >= 0.3 is 5.97 Å². The SMILES string of the molecule is CCOC(=O)/C(C)=N/Nc1ccccc1[N+](=O)[O-]. The Bertz CT molecular complexity index is 485. The van der Waals surface area contributed by atoms with Crippen LogP contribution < -0.4 is 5.43 Å².